The van der Waals surface area contributed by atoms with Gasteiger partial charge in [-0.2, -0.15) is 8.78 Å². The number of rotatable bonds is 5. The average Bonchev–Trinajstić information content (AvgIpc) is 2.54. The van der Waals surface area contributed by atoms with Gasteiger partial charge in [0.25, 0.3) is 5.76 Å². The number of halogens is 2. The third kappa shape index (κ3) is 4.28. The monoisotopic (exact) mass is 354 g/mol. The number of primary amides is 1. The Bertz CT molecular complexity index is 596. The fourth-order valence-corrected chi connectivity index (χ4v) is 4.59. The summed E-state index contributed by atoms with van der Waals surface area (Å²) in [4.78, 5) is 12.1. The summed E-state index contributed by atoms with van der Waals surface area (Å²) in [5.74, 6) is -2.60. The molecule has 0 bridgehead atoms. The third-order valence-electron chi connectivity index (χ3n) is 5.17. The number of fused-ring (bicyclic) bond motifs is 1. The van der Waals surface area contributed by atoms with Crippen molar-refractivity contribution < 1.29 is 13.6 Å². The second-order valence-electron chi connectivity index (χ2n) is 6.81. The highest BCUT2D eigenvalue weighted by Gasteiger charge is 2.29. The Kier molecular flexibility index (Phi) is 5.76. The van der Waals surface area contributed by atoms with Crippen molar-refractivity contribution in [2.24, 2.45) is 11.7 Å². The average molecular weight is 354 g/mol. The molecular formula is C18H24F2N2OS. The summed E-state index contributed by atoms with van der Waals surface area (Å²) in [6, 6.07) is 6.25. The lowest BCUT2D eigenvalue weighted by Crippen LogP contribution is -2.40. The van der Waals surface area contributed by atoms with E-state index in [1.54, 1.807) is 6.07 Å². The summed E-state index contributed by atoms with van der Waals surface area (Å²) < 4.78 is 25.1. The van der Waals surface area contributed by atoms with Crippen LogP contribution in [-0.4, -0.2) is 17.7 Å². The number of hydrogen-bond acceptors (Lipinski definition) is 3. The van der Waals surface area contributed by atoms with Crippen molar-refractivity contribution >= 4 is 17.7 Å². The molecule has 3 N–H and O–H groups in total. The van der Waals surface area contributed by atoms with Crippen LogP contribution in [0.3, 0.4) is 0 Å². The van der Waals surface area contributed by atoms with Crippen LogP contribution in [0.4, 0.5) is 8.78 Å². The molecule has 3 rings (SSSR count). The summed E-state index contributed by atoms with van der Waals surface area (Å²) >= 11 is 0.607. The van der Waals surface area contributed by atoms with Gasteiger partial charge in [0.15, 0.2) is 0 Å². The van der Waals surface area contributed by atoms with E-state index in [1.807, 2.05) is 12.1 Å². The minimum absolute atomic E-state index is 0.0240. The Hall–Kier alpha value is -1.14. The molecule has 0 heterocycles. The Labute approximate surface area is 145 Å². The summed E-state index contributed by atoms with van der Waals surface area (Å²) in [6.07, 6.45) is 6.83. The van der Waals surface area contributed by atoms with Crippen LogP contribution < -0.4 is 11.1 Å². The van der Waals surface area contributed by atoms with Crippen molar-refractivity contribution in [2.75, 3.05) is 0 Å². The van der Waals surface area contributed by atoms with E-state index in [2.05, 4.69) is 5.32 Å². The van der Waals surface area contributed by atoms with E-state index in [9.17, 15) is 13.6 Å². The number of nitrogens with two attached hydrogens (primary N) is 1. The second-order valence-corrected chi connectivity index (χ2v) is 7.88. The molecule has 1 amide bonds. The van der Waals surface area contributed by atoms with Gasteiger partial charge in [-0.25, -0.2) is 0 Å². The lowest BCUT2D eigenvalue weighted by Gasteiger charge is -2.34. The Morgan fingerprint density at radius 2 is 2.08 bits per heavy atom. The maximum absolute atomic E-state index is 12.6. The molecule has 1 aromatic rings. The maximum atomic E-state index is 12.6. The molecule has 1 saturated carbocycles. The molecule has 2 aliphatic rings. The van der Waals surface area contributed by atoms with Crippen molar-refractivity contribution in [2.45, 2.75) is 67.7 Å². The Morgan fingerprint density at radius 1 is 1.25 bits per heavy atom. The van der Waals surface area contributed by atoms with Crippen molar-refractivity contribution in [3.05, 3.63) is 29.3 Å². The standard InChI is InChI=1S/C18H24F2N2OS/c19-18(20)24-14-7-8-15-11(10-14)3-2-6-16(15)22-13-5-1-4-12(9-13)17(21)23/h7-8,10,12-13,16,18,22H,1-6,9H2,(H2,21,23)/t12-,13+,16-/m1/s1. The molecule has 0 aliphatic heterocycles. The highest BCUT2D eigenvalue weighted by molar-refractivity contribution is 7.99. The molecule has 0 spiro atoms. The lowest BCUT2D eigenvalue weighted by molar-refractivity contribution is -0.123. The molecule has 3 atom stereocenters. The molecule has 0 saturated heterocycles. The predicted molar refractivity (Wildman–Crippen MR) is 92.1 cm³/mol. The van der Waals surface area contributed by atoms with Gasteiger partial charge >= 0.3 is 0 Å². The molecule has 0 radical (unpaired) electrons. The van der Waals surface area contributed by atoms with E-state index in [4.69, 9.17) is 5.73 Å². The molecule has 1 aromatic carbocycles. The first kappa shape index (κ1) is 17.7. The van der Waals surface area contributed by atoms with Crippen LogP contribution in [0.15, 0.2) is 23.1 Å². The normalized spacial score (nSPS) is 27.0. The number of benzene rings is 1. The number of thioether (sulfide) groups is 1. The number of amides is 1. The Balaban J connectivity index is 1.69. The SMILES string of the molecule is NC(=O)[C@@H]1CCC[C@H](N[C@@H]2CCCc3cc(SC(F)F)ccc32)C1. The number of alkyl halides is 2. The van der Waals surface area contributed by atoms with Gasteiger partial charge < -0.3 is 11.1 Å². The number of nitrogens with one attached hydrogen (secondary N) is 1. The number of aryl methyl sites for hydroxylation is 1. The fourth-order valence-electron chi connectivity index (χ4n) is 4.02. The zero-order valence-corrected chi connectivity index (χ0v) is 14.5. The van der Waals surface area contributed by atoms with Gasteiger partial charge in [0.05, 0.1) is 0 Å². The van der Waals surface area contributed by atoms with Crippen molar-refractivity contribution in [1.29, 1.82) is 0 Å². The van der Waals surface area contributed by atoms with E-state index < -0.39 is 5.76 Å². The first-order valence-corrected chi connectivity index (χ1v) is 9.54. The van der Waals surface area contributed by atoms with Crippen LogP contribution in [0.1, 0.15) is 55.7 Å². The molecule has 24 heavy (non-hydrogen) atoms. The molecule has 0 aromatic heterocycles. The minimum Gasteiger partial charge on any atom is -0.369 e. The maximum Gasteiger partial charge on any atom is 0.288 e. The van der Waals surface area contributed by atoms with E-state index in [0.29, 0.717) is 22.7 Å². The Morgan fingerprint density at radius 3 is 2.83 bits per heavy atom. The molecule has 0 unspecified atom stereocenters. The first-order chi connectivity index (χ1) is 11.5. The van der Waals surface area contributed by atoms with E-state index >= 15 is 0 Å². The second kappa shape index (κ2) is 7.83. The van der Waals surface area contributed by atoms with E-state index in [-0.39, 0.29) is 17.9 Å². The van der Waals surface area contributed by atoms with Crippen LogP contribution in [-0.2, 0) is 11.2 Å². The van der Waals surface area contributed by atoms with Gasteiger partial charge in [0.1, 0.15) is 0 Å². The molecule has 1 fully saturated rings. The number of carbonyl (C=O) groups excluding carboxylic acids is 1. The summed E-state index contributed by atoms with van der Waals surface area (Å²) in [7, 11) is 0. The molecule has 3 nitrogen and oxygen atoms in total. The van der Waals surface area contributed by atoms with Gasteiger partial charge in [0, 0.05) is 22.9 Å². The van der Waals surface area contributed by atoms with Gasteiger partial charge in [-0.05, 0) is 61.8 Å². The minimum atomic E-state index is -2.38. The molecule has 6 heteroatoms. The zero-order valence-electron chi connectivity index (χ0n) is 13.6. The van der Waals surface area contributed by atoms with Crippen molar-refractivity contribution in [3.63, 3.8) is 0 Å². The van der Waals surface area contributed by atoms with Crippen molar-refractivity contribution in [3.8, 4) is 0 Å². The van der Waals surface area contributed by atoms with Gasteiger partial charge in [-0.1, -0.05) is 24.2 Å². The van der Waals surface area contributed by atoms with Crippen LogP contribution in [0.25, 0.3) is 0 Å². The van der Waals surface area contributed by atoms with E-state index in [0.717, 1.165) is 44.9 Å². The van der Waals surface area contributed by atoms with E-state index in [1.165, 1.54) is 11.1 Å². The van der Waals surface area contributed by atoms with Gasteiger partial charge in [-0.3, -0.25) is 4.79 Å². The first-order valence-electron chi connectivity index (χ1n) is 8.66. The number of carbonyl (C=O) groups is 1. The molecule has 132 valence electrons. The van der Waals surface area contributed by atoms with Gasteiger partial charge in [0.2, 0.25) is 5.91 Å². The van der Waals surface area contributed by atoms with Crippen molar-refractivity contribution in [1.82, 2.24) is 5.32 Å². The highest BCUT2D eigenvalue weighted by Crippen LogP contribution is 2.35. The largest absolute Gasteiger partial charge is 0.369 e. The summed E-state index contributed by atoms with van der Waals surface area (Å²) in [5.41, 5.74) is 7.86. The smallest absolute Gasteiger partial charge is 0.288 e. The summed E-state index contributed by atoms with van der Waals surface area (Å²) in [5, 5.41) is 3.70. The van der Waals surface area contributed by atoms with Gasteiger partial charge in [-0.15, -0.1) is 0 Å². The zero-order chi connectivity index (χ0) is 17.1. The lowest BCUT2D eigenvalue weighted by atomic mass is 9.82. The van der Waals surface area contributed by atoms with Crippen LogP contribution in [0, 0.1) is 5.92 Å². The van der Waals surface area contributed by atoms with Crippen LogP contribution in [0.5, 0.6) is 0 Å². The molecular weight excluding hydrogens is 330 g/mol. The summed E-state index contributed by atoms with van der Waals surface area (Å²) in [6.45, 7) is 0. The topological polar surface area (TPSA) is 55.1 Å². The number of hydrogen-bond donors (Lipinski definition) is 2. The third-order valence-corrected chi connectivity index (χ3v) is 5.87. The highest BCUT2D eigenvalue weighted by atomic mass is 32.2. The fraction of sp³-hybridized carbons (Fsp3) is 0.611. The molecule has 2 aliphatic carbocycles. The van der Waals surface area contributed by atoms with Crippen LogP contribution >= 0.6 is 11.8 Å². The predicted octanol–water partition coefficient (Wildman–Crippen LogP) is 4.01. The quantitative estimate of drug-likeness (QED) is 0.786. The van der Waals surface area contributed by atoms with Crippen LogP contribution in [0.2, 0.25) is 0 Å².